The van der Waals surface area contributed by atoms with E-state index in [1.165, 1.54) is 12.1 Å². The van der Waals surface area contributed by atoms with Crippen LogP contribution in [0.25, 0.3) is 0 Å². The summed E-state index contributed by atoms with van der Waals surface area (Å²) in [5.41, 5.74) is -1.47. The van der Waals surface area contributed by atoms with Crippen LogP contribution in [0.4, 0.5) is 13.2 Å². The standard InChI is InChI=1S/C14H12ClF3N2/c15-7-1-6-13(9-19,10-20)8-11-2-4-12(5-3-11)14(16,17)18/h2-5H,1,6-8H2. The Hall–Kier alpha value is -1.72. The molecule has 1 aromatic carbocycles. The van der Waals surface area contributed by atoms with Crippen molar-refractivity contribution in [1.29, 1.82) is 10.5 Å². The molecule has 0 heterocycles. The van der Waals surface area contributed by atoms with Gasteiger partial charge in [0.05, 0.1) is 17.7 Å². The molecule has 0 atom stereocenters. The largest absolute Gasteiger partial charge is 0.416 e. The summed E-state index contributed by atoms with van der Waals surface area (Å²) in [6.07, 6.45) is -3.50. The first kappa shape index (κ1) is 16.3. The van der Waals surface area contributed by atoms with Crippen LogP contribution in [-0.4, -0.2) is 5.88 Å². The average molecular weight is 301 g/mol. The third kappa shape index (κ3) is 4.15. The van der Waals surface area contributed by atoms with Crippen LogP contribution in [0, 0.1) is 28.1 Å². The van der Waals surface area contributed by atoms with E-state index in [9.17, 15) is 13.2 Å². The zero-order valence-electron chi connectivity index (χ0n) is 10.5. The molecule has 0 aliphatic carbocycles. The quantitative estimate of drug-likeness (QED) is 0.761. The molecule has 1 rings (SSSR count). The Bertz CT molecular complexity index is 509. The molecule has 0 radical (unpaired) electrons. The van der Waals surface area contributed by atoms with Gasteiger partial charge in [0.2, 0.25) is 0 Å². The van der Waals surface area contributed by atoms with Gasteiger partial charge in [-0.2, -0.15) is 23.7 Å². The molecule has 0 amide bonds. The van der Waals surface area contributed by atoms with Crippen LogP contribution >= 0.6 is 11.6 Å². The fourth-order valence-electron chi connectivity index (χ4n) is 1.83. The molecule has 0 bridgehead atoms. The Morgan fingerprint density at radius 2 is 1.60 bits per heavy atom. The van der Waals surface area contributed by atoms with Crippen LogP contribution in [0.5, 0.6) is 0 Å². The summed E-state index contributed by atoms with van der Waals surface area (Å²) in [4.78, 5) is 0. The fraction of sp³-hybridized carbons (Fsp3) is 0.429. The third-order valence-corrected chi connectivity index (χ3v) is 3.22. The Morgan fingerprint density at radius 3 is 2.00 bits per heavy atom. The highest BCUT2D eigenvalue weighted by molar-refractivity contribution is 6.17. The Morgan fingerprint density at radius 1 is 1.05 bits per heavy atom. The smallest absolute Gasteiger partial charge is 0.197 e. The number of rotatable bonds is 5. The van der Waals surface area contributed by atoms with Gasteiger partial charge in [-0.05, 0) is 30.5 Å². The molecule has 0 fully saturated rings. The molecule has 1 aromatic rings. The number of hydrogen-bond donors (Lipinski definition) is 0. The van der Waals surface area contributed by atoms with Gasteiger partial charge in [-0.1, -0.05) is 12.1 Å². The van der Waals surface area contributed by atoms with Crippen molar-refractivity contribution in [3.63, 3.8) is 0 Å². The first-order valence-corrected chi connectivity index (χ1v) is 6.45. The van der Waals surface area contributed by atoms with Gasteiger partial charge in [-0.3, -0.25) is 0 Å². The summed E-state index contributed by atoms with van der Waals surface area (Å²) < 4.78 is 37.3. The first-order chi connectivity index (χ1) is 9.37. The minimum Gasteiger partial charge on any atom is -0.197 e. The molecule has 0 saturated carbocycles. The molecule has 0 unspecified atom stereocenters. The van der Waals surface area contributed by atoms with Gasteiger partial charge in [0, 0.05) is 12.3 Å². The van der Waals surface area contributed by atoms with Crippen LogP contribution in [0.3, 0.4) is 0 Å². The van der Waals surface area contributed by atoms with E-state index in [-0.39, 0.29) is 6.42 Å². The second kappa shape index (κ2) is 6.63. The molecule has 0 spiro atoms. The van der Waals surface area contributed by atoms with E-state index in [4.69, 9.17) is 22.1 Å². The lowest BCUT2D eigenvalue weighted by atomic mass is 9.80. The number of benzene rings is 1. The molecule has 0 saturated heterocycles. The minimum absolute atomic E-state index is 0.0923. The summed E-state index contributed by atoms with van der Waals surface area (Å²) >= 11 is 5.55. The Balaban J connectivity index is 2.91. The van der Waals surface area contributed by atoms with E-state index in [0.717, 1.165) is 12.1 Å². The minimum atomic E-state index is -4.39. The van der Waals surface area contributed by atoms with Gasteiger partial charge in [0.25, 0.3) is 0 Å². The van der Waals surface area contributed by atoms with Crippen LogP contribution in [0.1, 0.15) is 24.0 Å². The van der Waals surface area contributed by atoms with Crippen molar-refractivity contribution in [1.82, 2.24) is 0 Å². The fourth-order valence-corrected chi connectivity index (χ4v) is 1.97. The molecule has 20 heavy (non-hydrogen) atoms. The molecular formula is C14H12ClF3N2. The molecule has 0 aromatic heterocycles. The van der Waals surface area contributed by atoms with Gasteiger partial charge < -0.3 is 0 Å². The maximum absolute atomic E-state index is 12.4. The summed E-state index contributed by atoms with van der Waals surface area (Å²) in [6.45, 7) is 0. The van der Waals surface area contributed by atoms with Gasteiger partial charge in [0.1, 0.15) is 5.41 Å². The Labute approximate surface area is 120 Å². The molecule has 0 aliphatic heterocycles. The van der Waals surface area contributed by atoms with Crippen molar-refractivity contribution in [3.05, 3.63) is 35.4 Å². The van der Waals surface area contributed by atoms with E-state index in [1.54, 1.807) is 0 Å². The lowest BCUT2D eigenvalue weighted by Crippen LogP contribution is -2.20. The zero-order chi connectivity index (χ0) is 15.2. The number of nitriles is 2. The van der Waals surface area contributed by atoms with Gasteiger partial charge in [0.15, 0.2) is 0 Å². The highest BCUT2D eigenvalue weighted by atomic mass is 35.5. The first-order valence-electron chi connectivity index (χ1n) is 5.91. The third-order valence-electron chi connectivity index (χ3n) is 2.95. The number of halogens is 4. The summed E-state index contributed by atoms with van der Waals surface area (Å²) in [5, 5.41) is 18.3. The Kier molecular flexibility index (Phi) is 5.42. The number of nitrogens with zero attached hydrogens (tertiary/aromatic N) is 2. The molecule has 0 N–H and O–H groups in total. The maximum atomic E-state index is 12.4. The van der Waals surface area contributed by atoms with E-state index in [2.05, 4.69) is 0 Å². The predicted molar refractivity (Wildman–Crippen MR) is 68.8 cm³/mol. The van der Waals surface area contributed by atoms with Crippen molar-refractivity contribution < 1.29 is 13.2 Å². The summed E-state index contributed by atoms with van der Waals surface area (Å²) in [6, 6.07) is 8.41. The maximum Gasteiger partial charge on any atom is 0.416 e. The van der Waals surface area contributed by atoms with Crippen LogP contribution in [0.2, 0.25) is 0 Å². The molecule has 2 nitrogen and oxygen atoms in total. The molecular weight excluding hydrogens is 289 g/mol. The lowest BCUT2D eigenvalue weighted by molar-refractivity contribution is -0.137. The van der Waals surface area contributed by atoms with Gasteiger partial charge >= 0.3 is 6.18 Å². The topological polar surface area (TPSA) is 47.6 Å². The second-order valence-corrected chi connectivity index (χ2v) is 4.85. The van der Waals surface area contributed by atoms with E-state index >= 15 is 0 Å². The molecule has 6 heteroatoms. The van der Waals surface area contributed by atoms with Crippen molar-refractivity contribution in [2.45, 2.75) is 25.4 Å². The highest BCUT2D eigenvalue weighted by Crippen LogP contribution is 2.31. The highest BCUT2D eigenvalue weighted by Gasteiger charge is 2.32. The zero-order valence-corrected chi connectivity index (χ0v) is 11.3. The second-order valence-electron chi connectivity index (χ2n) is 4.47. The van der Waals surface area contributed by atoms with Crippen LogP contribution in [-0.2, 0) is 12.6 Å². The van der Waals surface area contributed by atoms with E-state index in [0.29, 0.717) is 24.3 Å². The van der Waals surface area contributed by atoms with Gasteiger partial charge in [-0.15, -0.1) is 11.6 Å². The molecule has 0 aliphatic rings. The molecule has 106 valence electrons. The summed E-state index contributed by atoms with van der Waals surface area (Å²) in [5.74, 6) is 0.331. The van der Waals surface area contributed by atoms with Crippen molar-refractivity contribution in [2.75, 3.05) is 5.88 Å². The average Bonchev–Trinajstić information content (AvgIpc) is 2.43. The van der Waals surface area contributed by atoms with Crippen molar-refractivity contribution in [3.8, 4) is 12.1 Å². The normalized spacial score (nSPS) is 11.7. The van der Waals surface area contributed by atoms with Crippen molar-refractivity contribution in [2.24, 2.45) is 5.41 Å². The predicted octanol–water partition coefficient (Wildman–Crippen LogP) is 4.30. The van der Waals surface area contributed by atoms with Crippen LogP contribution < -0.4 is 0 Å². The number of alkyl halides is 4. The van der Waals surface area contributed by atoms with E-state index in [1.807, 2.05) is 12.1 Å². The number of hydrogen-bond acceptors (Lipinski definition) is 2. The lowest BCUT2D eigenvalue weighted by Gasteiger charge is -2.18. The summed E-state index contributed by atoms with van der Waals surface area (Å²) in [7, 11) is 0. The van der Waals surface area contributed by atoms with Gasteiger partial charge in [-0.25, -0.2) is 0 Å². The SMILES string of the molecule is N#CC(C#N)(CCCCl)Cc1ccc(C(F)(F)F)cc1. The van der Waals surface area contributed by atoms with Crippen molar-refractivity contribution >= 4 is 11.6 Å². The van der Waals surface area contributed by atoms with E-state index < -0.39 is 17.2 Å². The van der Waals surface area contributed by atoms with Crippen LogP contribution in [0.15, 0.2) is 24.3 Å². The monoisotopic (exact) mass is 300 g/mol.